The van der Waals surface area contributed by atoms with Crippen molar-refractivity contribution in [2.75, 3.05) is 40.9 Å². The molecule has 0 rings (SSSR count). The molecule has 0 aromatic carbocycles. The Morgan fingerprint density at radius 1 is 0.442 bits per heavy atom. The Hall–Kier alpha value is -1.25. The monoisotopic (exact) mass is 1110 g/mol. The number of hydrogen-bond donors (Lipinski definition) is 2. The molecule has 1 amide bonds. The first kappa shape index (κ1) is 75.8. The standard InChI is InChI=1S/C67H133N2O7P/c1-7-10-13-16-19-22-25-28-29-30-31-32-33-34-35-36-37-38-39-42-45-48-51-54-57-60-67(71)76-65(58-55-52-49-46-43-40-26-23-20-17-14-11-8-2)64(63-75-77(72,73)74-62-61-69(4,5)6)68-66(70)59-56-53-50-47-44-41-27-24-21-18-15-12-9-3/h55,58,64-65H,7-54,56-57,59-63H2,1-6H3,(H-,68,70,72,73)/p+1/b58-55-. The predicted molar refractivity (Wildman–Crippen MR) is 333 cm³/mol. The zero-order valence-electron chi connectivity index (χ0n) is 52.5. The van der Waals surface area contributed by atoms with Crippen molar-refractivity contribution < 1.29 is 37.3 Å². The van der Waals surface area contributed by atoms with E-state index in [1.54, 1.807) is 0 Å². The smallest absolute Gasteiger partial charge is 0.456 e. The maximum Gasteiger partial charge on any atom is 0.472 e. The van der Waals surface area contributed by atoms with Gasteiger partial charge in [0.25, 0.3) is 0 Å². The number of rotatable bonds is 63. The second-order valence-corrected chi connectivity index (χ2v) is 26.2. The third-order valence-electron chi connectivity index (χ3n) is 15.7. The highest BCUT2D eigenvalue weighted by Crippen LogP contribution is 2.43. The van der Waals surface area contributed by atoms with Crippen LogP contribution in [0.1, 0.15) is 355 Å². The summed E-state index contributed by atoms with van der Waals surface area (Å²) in [5.41, 5.74) is 0. The van der Waals surface area contributed by atoms with E-state index in [0.717, 1.165) is 57.8 Å². The van der Waals surface area contributed by atoms with Gasteiger partial charge >= 0.3 is 13.8 Å². The van der Waals surface area contributed by atoms with Gasteiger partial charge in [0.15, 0.2) is 0 Å². The van der Waals surface area contributed by atoms with E-state index in [2.05, 4.69) is 32.2 Å². The van der Waals surface area contributed by atoms with Crippen LogP contribution in [-0.2, 0) is 27.9 Å². The fourth-order valence-electron chi connectivity index (χ4n) is 10.5. The lowest BCUT2D eigenvalue weighted by Crippen LogP contribution is -2.47. The number of nitrogens with one attached hydrogen (secondary N) is 1. The molecule has 2 N–H and O–H groups in total. The van der Waals surface area contributed by atoms with Crippen LogP contribution in [0.3, 0.4) is 0 Å². The first-order valence-electron chi connectivity index (χ1n) is 34.0. The van der Waals surface area contributed by atoms with E-state index < -0.39 is 20.0 Å². The zero-order chi connectivity index (χ0) is 56.4. The number of phosphoric acid groups is 1. The zero-order valence-corrected chi connectivity index (χ0v) is 53.4. The number of ether oxygens (including phenoxy) is 1. The van der Waals surface area contributed by atoms with E-state index in [1.165, 1.54) is 263 Å². The number of carbonyl (C=O) groups excluding carboxylic acids is 2. The Kier molecular flexibility index (Phi) is 57.0. The number of carbonyl (C=O) groups is 2. The fourth-order valence-corrected chi connectivity index (χ4v) is 11.2. The van der Waals surface area contributed by atoms with Crippen LogP contribution in [0.15, 0.2) is 12.2 Å². The summed E-state index contributed by atoms with van der Waals surface area (Å²) in [4.78, 5) is 37.8. The molecule has 3 atom stereocenters. The summed E-state index contributed by atoms with van der Waals surface area (Å²) in [5.74, 6) is -0.481. The molecule has 458 valence electrons. The molecule has 0 aliphatic heterocycles. The lowest BCUT2D eigenvalue weighted by molar-refractivity contribution is -0.870. The quantitative estimate of drug-likeness (QED) is 0.0205. The third kappa shape index (κ3) is 59.2. The van der Waals surface area contributed by atoms with E-state index >= 15 is 0 Å². The van der Waals surface area contributed by atoms with Crippen LogP contribution in [0.5, 0.6) is 0 Å². The number of hydrogen-bond acceptors (Lipinski definition) is 6. The van der Waals surface area contributed by atoms with Gasteiger partial charge in [0.05, 0.1) is 33.8 Å². The van der Waals surface area contributed by atoms with Crippen LogP contribution in [0.25, 0.3) is 0 Å². The van der Waals surface area contributed by atoms with Crippen LogP contribution in [-0.4, -0.2) is 74.3 Å². The minimum atomic E-state index is -4.44. The van der Waals surface area contributed by atoms with Crippen LogP contribution >= 0.6 is 7.82 Å². The fraction of sp³-hybridized carbons (Fsp3) is 0.940. The molecule has 9 nitrogen and oxygen atoms in total. The lowest BCUT2D eigenvalue weighted by atomic mass is 10.0. The van der Waals surface area contributed by atoms with Gasteiger partial charge in [-0.15, -0.1) is 0 Å². The van der Waals surface area contributed by atoms with Crippen LogP contribution in [0.4, 0.5) is 0 Å². The molecule has 0 spiro atoms. The van der Waals surface area contributed by atoms with Gasteiger partial charge in [-0.05, 0) is 31.8 Å². The molecule has 0 saturated heterocycles. The molecule has 0 saturated carbocycles. The molecule has 77 heavy (non-hydrogen) atoms. The predicted octanol–water partition coefficient (Wildman–Crippen LogP) is 21.1. The number of esters is 1. The Morgan fingerprint density at radius 2 is 0.740 bits per heavy atom. The van der Waals surface area contributed by atoms with Crippen molar-refractivity contribution >= 4 is 19.7 Å². The van der Waals surface area contributed by atoms with Gasteiger partial charge in [-0.2, -0.15) is 0 Å². The Bertz CT molecular complexity index is 1320. The Labute approximate surface area is 480 Å². The first-order chi connectivity index (χ1) is 37.4. The molecule has 0 aliphatic carbocycles. The van der Waals surface area contributed by atoms with Crippen LogP contribution < -0.4 is 5.32 Å². The third-order valence-corrected chi connectivity index (χ3v) is 16.7. The number of unbranched alkanes of at least 4 members (excludes halogenated alkanes) is 47. The van der Waals surface area contributed by atoms with Gasteiger partial charge in [0, 0.05) is 12.8 Å². The maximum atomic E-state index is 13.5. The summed E-state index contributed by atoms with van der Waals surface area (Å²) in [6, 6.07) is -0.839. The van der Waals surface area contributed by atoms with Gasteiger partial charge in [-0.25, -0.2) is 4.57 Å². The molecular weight excluding hydrogens is 976 g/mol. The molecule has 0 aromatic rings. The van der Waals surface area contributed by atoms with E-state index in [0.29, 0.717) is 23.9 Å². The summed E-state index contributed by atoms with van der Waals surface area (Å²) in [5, 5.41) is 3.07. The molecule has 0 radical (unpaired) electrons. The molecule has 3 unspecified atom stereocenters. The molecule has 0 aromatic heterocycles. The SMILES string of the molecule is CCCCCCCCCCCCC/C=C\C(OC(=O)CCCCCCCCCCCCCCCCCCCCCCCCCCC)C(COP(=O)(O)OCC[N+](C)(C)C)NC(=O)CCCCCCCCCCCCCCC. The second-order valence-electron chi connectivity index (χ2n) is 24.7. The lowest BCUT2D eigenvalue weighted by Gasteiger charge is -2.27. The maximum absolute atomic E-state index is 13.5. The normalized spacial score (nSPS) is 13.6. The summed E-state index contributed by atoms with van der Waals surface area (Å²) in [7, 11) is 1.52. The van der Waals surface area contributed by atoms with E-state index in [1.807, 2.05) is 27.2 Å². The molecular formula is C67H134N2O7P+. The molecule has 0 aliphatic rings. The second kappa shape index (κ2) is 58.0. The number of quaternary nitrogens is 1. The Balaban J connectivity index is 5.02. The van der Waals surface area contributed by atoms with Crippen molar-refractivity contribution in [2.24, 2.45) is 0 Å². The van der Waals surface area contributed by atoms with Gasteiger partial charge in [0.2, 0.25) is 5.91 Å². The summed E-state index contributed by atoms with van der Waals surface area (Å²) < 4.78 is 30.8. The van der Waals surface area contributed by atoms with Crippen LogP contribution in [0.2, 0.25) is 0 Å². The molecule has 10 heteroatoms. The molecule has 0 bridgehead atoms. The van der Waals surface area contributed by atoms with Gasteiger partial charge in [-0.3, -0.25) is 18.6 Å². The average molecular weight is 1110 g/mol. The van der Waals surface area contributed by atoms with E-state index in [9.17, 15) is 19.0 Å². The minimum absolute atomic E-state index is 0.0459. The van der Waals surface area contributed by atoms with Crippen LogP contribution in [0, 0.1) is 0 Å². The number of phosphoric ester groups is 1. The van der Waals surface area contributed by atoms with Gasteiger partial charge in [0.1, 0.15) is 19.3 Å². The van der Waals surface area contributed by atoms with Gasteiger partial charge < -0.3 is 19.4 Å². The molecule has 0 heterocycles. The molecule has 0 fully saturated rings. The van der Waals surface area contributed by atoms with Crippen molar-refractivity contribution in [3.8, 4) is 0 Å². The number of allylic oxidation sites excluding steroid dienone is 1. The van der Waals surface area contributed by atoms with E-state index in [4.69, 9.17) is 13.8 Å². The highest BCUT2D eigenvalue weighted by atomic mass is 31.2. The number of nitrogens with zero attached hydrogens (tertiary/aromatic N) is 1. The highest BCUT2D eigenvalue weighted by Gasteiger charge is 2.30. The number of likely N-dealkylation sites (N-methyl/N-ethyl adjacent to an activating group) is 1. The largest absolute Gasteiger partial charge is 0.472 e. The Morgan fingerprint density at radius 3 is 1.06 bits per heavy atom. The topological polar surface area (TPSA) is 111 Å². The average Bonchev–Trinajstić information content (AvgIpc) is 3.39. The van der Waals surface area contributed by atoms with Crippen molar-refractivity contribution in [3.05, 3.63) is 12.2 Å². The van der Waals surface area contributed by atoms with Crippen molar-refractivity contribution in [2.45, 2.75) is 367 Å². The summed E-state index contributed by atoms with van der Waals surface area (Å²) in [6.45, 7) is 7.08. The first-order valence-corrected chi connectivity index (χ1v) is 35.5. The summed E-state index contributed by atoms with van der Waals surface area (Å²) in [6.07, 6.45) is 67.9. The highest BCUT2D eigenvalue weighted by molar-refractivity contribution is 7.47. The minimum Gasteiger partial charge on any atom is -0.456 e. The van der Waals surface area contributed by atoms with Crippen molar-refractivity contribution in [1.82, 2.24) is 5.32 Å². The van der Waals surface area contributed by atoms with Crippen molar-refractivity contribution in [1.29, 1.82) is 0 Å². The van der Waals surface area contributed by atoms with Gasteiger partial charge in [-0.1, -0.05) is 322 Å². The van der Waals surface area contributed by atoms with E-state index in [-0.39, 0.29) is 25.1 Å². The van der Waals surface area contributed by atoms with Crippen molar-refractivity contribution in [3.63, 3.8) is 0 Å². The number of amides is 1. The summed E-state index contributed by atoms with van der Waals surface area (Å²) >= 11 is 0.